The van der Waals surface area contributed by atoms with Crippen LogP contribution >= 0.6 is 0 Å². The van der Waals surface area contributed by atoms with Crippen molar-refractivity contribution in [2.45, 2.75) is 33.6 Å². The van der Waals surface area contributed by atoms with Crippen molar-refractivity contribution in [1.29, 1.82) is 0 Å². The molecule has 2 rings (SSSR count). The van der Waals surface area contributed by atoms with Gasteiger partial charge in [0.05, 0.1) is 11.0 Å². The molecule has 1 heterocycles. The summed E-state index contributed by atoms with van der Waals surface area (Å²) in [4.78, 5) is 8.60. The maximum absolute atomic E-state index is 4.34. The van der Waals surface area contributed by atoms with Gasteiger partial charge in [-0.1, -0.05) is 39.8 Å². The third kappa shape index (κ3) is 2.52. The summed E-state index contributed by atoms with van der Waals surface area (Å²) in [5, 5.41) is 0. The summed E-state index contributed by atoms with van der Waals surface area (Å²) >= 11 is 0. The highest BCUT2D eigenvalue weighted by atomic mass is 14.8. The van der Waals surface area contributed by atoms with Gasteiger partial charge in [0.25, 0.3) is 0 Å². The van der Waals surface area contributed by atoms with Crippen LogP contribution in [0.15, 0.2) is 30.6 Å². The molecule has 0 radical (unpaired) electrons. The van der Waals surface area contributed by atoms with E-state index in [1.54, 1.807) is 12.4 Å². The van der Waals surface area contributed by atoms with Crippen molar-refractivity contribution in [2.75, 3.05) is 0 Å². The molecule has 0 N–H and O–H groups in total. The first-order chi connectivity index (χ1) is 7.29. The summed E-state index contributed by atoms with van der Waals surface area (Å²) < 4.78 is 0. The van der Waals surface area contributed by atoms with Gasteiger partial charge in [-0.15, -0.1) is 0 Å². The van der Waals surface area contributed by atoms with Crippen LogP contribution in [0, 0.1) is 0 Å². The zero-order valence-corrected chi connectivity index (χ0v) is 9.86. The second-order valence-electron chi connectivity index (χ2n) is 3.43. The minimum absolute atomic E-state index is 0.500. The van der Waals surface area contributed by atoms with E-state index in [0.29, 0.717) is 5.92 Å². The Morgan fingerprint density at radius 3 is 2.33 bits per heavy atom. The maximum Gasteiger partial charge on any atom is 0.0921 e. The fourth-order valence-electron chi connectivity index (χ4n) is 1.48. The molecule has 0 saturated carbocycles. The van der Waals surface area contributed by atoms with Crippen molar-refractivity contribution >= 4 is 11.0 Å². The number of benzene rings is 1. The van der Waals surface area contributed by atoms with E-state index in [1.165, 1.54) is 5.56 Å². The fraction of sp³-hybridized carbons (Fsp3) is 0.385. The van der Waals surface area contributed by atoms with E-state index in [2.05, 4.69) is 29.9 Å². The lowest BCUT2D eigenvalue weighted by molar-refractivity contribution is 0.872. The standard InChI is InChI=1S/C11H12N2.C2H6/c1-8(2)9-4-3-5-10-11(9)13-7-6-12-10;1-2/h3-8H,1-2H3;1-2H3. The molecule has 0 aliphatic carbocycles. The maximum atomic E-state index is 4.34. The molecule has 15 heavy (non-hydrogen) atoms. The van der Waals surface area contributed by atoms with Crippen LogP contribution in [0.3, 0.4) is 0 Å². The van der Waals surface area contributed by atoms with E-state index >= 15 is 0 Å². The van der Waals surface area contributed by atoms with Gasteiger partial charge in [0.1, 0.15) is 0 Å². The molecule has 0 aliphatic heterocycles. The van der Waals surface area contributed by atoms with Crippen LogP contribution in [0.25, 0.3) is 11.0 Å². The van der Waals surface area contributed by atoms with Gasteiger partial charge in [-0.3, -0.25) is 9.97 Å². The van der Waals surface area contributed by atoms with Gasteiger partial charge >= 0.3 is 0 Å². The first-order valence-corrected chi connectivity index (χ1v) is 5.48. The average Bonchev–Trinajstić information content (AvgIpc) is 2.31. The summed E-state index contributed by atoms with van der Waals surface area (Å²) in [5.41, 5.74) is 3.28. The Hall–Kier alpha value is -1.44. The minimum Gasteiger partial charge on any atom is -0.253 e. The molecule has 0 aliphatic rings. The predicted octanol–water partition coefficient (Wildman–Crippen LogP) is 3.78. The van der Waals surface area contributed by atoms with Crippen LogP contribution in [0.2, 0.25) is 0 Å². The SMILES string of the molecule is CC.CC(C)c1cccc2nccnc12. The summed E-state index contributed by atoms with van der Waals surface area (Å²) in [7, 11) is 0. The molecule has 2 aromatic rings. The van der Waals surface area contributed by atoms with Gasteiger partial charge in [0, 0.05) is 12.4 Å². The minimum atomic E-state index is 0.500. The van der Waals surface area contributed by atoms with Gasteiger partial charge in [0.15, 0.2) is 0 Å². The lowest BCUT2D eigenvalue weighted by Gasteiger charge is -2.07. The van der Waals surface area contributed by atoms with Gasteiger partial charge in [-0.05, 0) is 17.5 Å². The van der Waals surface area contributed by atoms with E-state index < -0.39 is 0 Å². The molecule has 2 heteroatoms. The number of fused-ring (bicyclic) bond motifs is 1. The summed E-state index contributed by atoms with van der Waals surface area (Å²) in [6.45, 7) is 8.34. The number of nitrogens with zero attached hydrogens (tertiary/aromatic N) is 2. The molecule has 0 atom stereocenters. The summed E-state index contributed by atoms with van der Waals surface area (Å²) in [6, 6.07) is 6.14. The van der Waals surface area contributed by atoms with Crippen molar-refractivity contribution in [3.05, 3.63) is 36.2 Å². The second kappa shape index (κ2) is 5.44. The Labute approximate surface area is 91.4 Å². The Bertz CT molecular complexity index is 416. The number of para-hydroxylation sites is 1. The van der Waals surface area contributed by atoms with Gasteiger partial charge < -0.3 is 0 Å². The van der Waals surface area contributed by atoms with Crippen LogP contribution < -0.4 is 0 Å². The Morgan fingerprint density at radius 2 is 1.67 bits per heavy atom. The monoisotopic (exact) mass is 202 g/mol. The molecule has 2 nitrogen and oxygen atoms in total. The first kappa shape index (κ1) is 11.6. The topological polar surface area (TPSA) is 25.8 Å². The van der Waals surface area contributed by atoms with Crippen LogP contribution in [-0.4, -0.2) is 9.97 Å². The molecule has 1 aromatic heterocycles. The van der Waals surface area contributed by atoms with Crippen molar-refractivity contribution in [3.8, 4) is 0 Å². The molecule has 80 valence electrons. The van der Waals surface area contributed by atoms with Crippen molar-refractivity contribution in [3.63, 3.8) is 0 Å². The second-order valence-corrected chi connectivity index (χ2v) is 3.43. The normalized spacial score (nSPS) is 9.93. The zero-order valence-electron chi connectivity index (χ0n) is 9.86. The van der Waals surface area contributed by atoms with Crippen molar-refractivity contribution in [1.82, 2.24) is 9.97 Å². The third-order valence-corrected chi connectivity index (χ3v) is 2.15. The van der Waals surface area contributed by atoms with Crippen LogP contribution in [-0.2, 0) is 0 Å². The van der Waals surface area contributed by atoms with E-state index in [-0.39, 0.29) is 0 Å². The fourth-order valence-corrected chi connectivity index (χ4v) is 1.48. The van der Waals surface area contributed by atoms with Gasteiger partial charge in [-0.2, -0.15) is 0 Å². The highest BCUT2D eigenvalue weighted by molar-refractivity contribution is 5.77. The largest absolute Gasteiger partial charge is 0.253 e. The molecule has 1 aromatic carbocycles. The molecule has 0 fully saturated rings. The average molecular weight is 202 g/mol. The van der Waals surface area contributed by atoms with Crippen molar-refractivity contribution < 1.29 is 0 Å². The number of rotatable bonds is 1. The van der Waals surface area contributed by atoms with Gasteiger partial charge in [-0.25, -0.2) is 0 Å². The predicted molar refractivity (Wildman–Crippen MR) is 65.0 cm³/mol. The van der Waals surface area contributed by atoms with E-state index in [4.69, 9.17) is 0 Å². The number of hydrogen-bond donors (Lipinski definition) is 0. The highest BCUT2D eigenvalue weighted by Crippen LogP contribution is 2.21. The molecule has 0 spiro atoms. The Balaban J connectivity index is 0.000000531. The Kier molecular flexibility index (Phi) is 4.22. The molecule has 0 unspecified atom stereocenters. The zero-order chi connectivity index (χ0) is 11.3. The molecule has 0 bridgehead atoms. The van der Waals surface area contributed by atoms with Crippen LogP contribution in [0.1, 0.15) is 39.2 Å². The summed E-state index contributed by atoms with van der Waals surface area (Å²) in [6.07, 6.45) is 3.47. The van der Waals surface area contributed by atoms with E-state index in [1.807, 2.05) is 26.0 Å². The highest BCUT2D eigenvalue weighted by Gasteiger charge is 2.05. The van der Waals surface area contributed by atoms with E-state index in [9.17, 15) is 0 Å². The lowest BCUT2D eigenvalue weighted by Crippen LogP contribution is -1.92. The first-order valence-electron chi connectivity index (χ1n) is 5.48. The quantitative estimate of drug-likeness (QED) is 0.703. The Morgan fingerprint density at radius 1 is 1.00 bits per heavy atom. The van der Waals surface area contributed by atoms with Crippen LogP contribution in [0.5, 0.6) is 0 Å². The summed E-state index contributed by atoms with van der Waals surface area (Å²) in [5.74, 6) is 0.500. The number of hydrogen-bond acceptors (Lipinski definition) is 2. The molecular formula is C13H18N2. The number of aromatic nitrogens is 2. The molecular weight excluding hydrogens is 184 g/mol. The van der Waals surface area contributed by atoms with Gasteiger partial charge in [0.2, 0.25) is 0 Å². The molecule has 0 saturated heterocycles. The van der Waals surface area contributed by atoms with Crippen molar-refractivity contribution in [2.24, 2.45) is 0 Å². The lowest BCUT2D eigenvalue weighted by atomic mass is 10.0. The van der Waals surface area contributed by atoms with Crippen LogP contribution in [0.4, 0.5) is 0 Å². The third-order valence-electron chi connectivity index (χ3n) is 2.15. The molecule has 0 amide bonds. The smallest absolute Gasteiger partial charge is 0.0921 e. The van der Waals surface area contributed by atoms with E-state index in [0.717, 1.165) is 11.0 Å².